The van der Waals surface area contributed by atoms with Crippen LogP contribution < -0.4 is 10.6 Å². The van der Waals surface area contributed by atoms with E-state index in [0.29, 0.717) is 42.6 Å². The molecule has 2 aromatic heterocycles. The first-order chi connectivity index (χ1) is 13.5. The highest BCUT2D eigenvalue weighted by Gasteiger charge is 2.47. The molecule has 2 heterocycles. The zero-order chi connectivity index (χ0) is 19.7. The Morgan fingerprint density at radius 2 is 2.14 bits per heavy atom. The molecular formula is C20H22N6O2. The number of aliphatic hydroxyl groups is 1. The van der Waals surface area contributed by atoms with Crippen LogP contribution in [0.1, 0.15) is 31.7 Å². The van der Waals surface area contributed by atoms with Crippen molar-refractivity contribution in [2.45, 2.75) is 38.8 Å². The van der Waals surface area contributed by atoms with Gasteiger partial charge in [-0.05, 0) is 18.6 Å². The molecule has 3 aromatic rings. The second kappa shape index (κ2) is 7.09. The van der Waals surface area contributed by atoms with Gasteiger partial charge in [-0.25, -0.2) is 9.97 Å². The highest BCUT2D eigenvalue weighted by molar-refractivity contribution is 5.72. The first-order valence-corrected chi connectivity index (χ1v) is 9.27. The number of aliphatic hydroxyl groups excluding tert-OH is 1. The van der Waals surface area contributed by atoms with Crippen LogP contribution in [0.2, 0.25) is 0 Å². The topological polar surface area (TPSA) is 120 Å². The van der Waals surface area contributed by atoms with E-state index in [1.54, 1.807) is 0 Å². The Bertz CT molecular complexity index is 1010. The summed E-state index contributed by atoms with van der Waals surface area (Å²) in [6.45, 7) is 4.53. The summed E-state index contributed by atoms with van der Waals surface area (Å²) in [6.07, 6.45) is 2.36. The van der Waals surface area contributed by atoms with Crippen molar-refractivity contribution < 1.29 is 9.52 Å². The van der Waals surface area contributed by atoms with Gasteiger partial charge in [0.05, 0.1) is 12.3 Å². The van der Waals surface area contributed by atoms with Gasteiger partial charge in [-0.2, -0.15) is 10.2 Å². The van der Waals surface area contributed by atoms with Crippen LogP contribution in [0.3, 0.4) is 0 Å². The standard InChI is InChI=1S/C20H22N6O2/c1-20(2)15(9-16(20)27)25-18-12(10-21)11-23-19(26-18)22-8-7-17-24-13-5-3-4-6-14(13)28-17/h3-6,11,15-16,27H,7-9H2,1-2H3,(H2,22,23,25,26)/t15-,16?/m1/s1. The molecule has 1 fully saturated rings. The van der Waals surface area contributed by atoms with Crippen molar-refractivity contribution in [2.24, 2.45) is 5.41 Å². The molecule has 0 radical (unpaired) electrons. The Balaban J connectivity index is 1.41. The largest absolute Gasteiger partial charge is 0.441 e. The number of fused-ring (bicyclic) bond motifs is 1. The molecule has 1 aromatic carbocycles. The van der Waals surface area contributed by atoms with E-state index in [0.717, 1.165) is 11.1 Å². The average Bonchev–Trinajstić information content (AvgIpc) is 3.11. The second-order valence-corrected chi connectivity index (χ2v) is 7.59. The summed E-state index contributed by atoms with van der Waals surface area (Å²) in [5, 5.41) is 25.7. The van der Waals surface area contributed by atoms with E-state index < -0.39 is 0 Å². The normalized spacial score (nSPS) is 20.4. The number of hydrogen-bond acceptors (Lipinski definition) is 8. The lowest BCUT2D eigenvalue weighted by Crippen LogP contribution is -2.57. The minimum Gasteiger partial charge on any atom is -0.441 e. The van der Waals surface area contributed by atoms with E-state index in [-0.39, 0.29) is 17.6 Å². The molecule has 1 saturated carbocycles. The molecule has 1 unspecified atom stereocenters. The summed E-state index contributed by atoms with van der Waals surface area (Å²) in [7, 11) is 0. The van der Waals surface area contributed by atoms with Crippen LogP contribution in [0, 0.1) is 16.7 Å². The molecule has 144 valence electrons. The van der Waals surface area contributed by atoms with Gasteiger partial charge in [0.25, 0.3) is 0 Å². The maximum atomic E-state index is 9.92. The third-order valence-corrected chi connectivity index (χ3v) is 5.40. The van der Waals surface area contributed by atoms with Crippen LogP contribution in [0.25, 0.3) is 11.1 Å². The fourth-order valence-corrected chi connectivity index (χ4v) is 3.28. The van der Waals surface area contributed by atoms with Gasteiger partial charge in [0.1, 0.15) is 23.0 Å². The Morgan fingerprint density at radius 3 is 2.86 bits per heavy atom. The van der Waals surface area contributed by atoms with Crippen molar-refractivity contribution in [1.29, 1.82) is 5.26 Å². The number of rotatable bonds is 6. The van der Waals surface area contributed by atoms with Crippen LogP contribution in [0.5, 0.6) is 0 Å². The van der Waals surface area contributed by atoms with E-state index in [1.165, 1.54) is 6.20 Å². The first-order valence-electron chi connectivity index (χ1n) is 9.27. The van der Waals surface area contributed by atoms with Gasteiger partial charge in [-0.15, -0.1) is 0 Å². The Hall–Kier alpha value is -3.18. The van der Waals surface area contributed by atoms with Gasteiger partial charge in [0.15, 0.2) is 11.5 Å². The monoisotopic (exact) mass is 378 g/mol. The summed E-state index contributed by atoms with van der Waals surface area (Å²) in [4.78, 5) is 13.1. The molecule has 1 aliphatic carbocycles. The van der Waals surface area contributed by atoms with E-state index in [4.69, 9.17) is 4.42 Å². The summed E-state index contributed by atoms with van der Waals surface area (Å²) >= 11 is 0. The lowest BCUT2D eigenvalue weighted by molar-refractivity contribution is -0.0511. The molecule has 0 saturated heterocycles. The predicted molar refractivity (Wildman–Crippen MR) is 105 cm³/mol. The first kappa shape index (κ1) is 18.2. The van der Waals surface area contributed by atoms with Crippen LogP contribution >= 0.6 is 0 Å². The van der Waals surface area contributed by atoms with Crippen molar-refractivity contribution in [2.75, 3.05) is 17.2 Å². The number of anilines is 2. The van der Waals surface area contributed by atoms with Crippen LogP contribution in [-0.2, 0) is 6.42 Å². The third kappa shape index (κ3) is 3.37. The summed E-state index contributed by atoms with van der Waals surface area (Å²) in [5.74, 6) is 1.55. The Kier molecular flexibility index (Phi) is 4.61. The average molecular weight is 378 g/mol. The molecule has 0 amide bonds. The SMILES string of the molecule is CC1(C)C(O)C[C@H]1Nc1nc(NCCc2nc3ccccc3o2)ncc1C#N. The quantitative estimate of drug-likeness (QED) is 0.599. The fraction of sp³-hybridized carbons (Fsp3) is 0.400. The molecule has 4 rings (SSSR count). The summed E-state index contributed by atoms with van der Waals surface area (Å²) in [6, 6.07) is 9.80. The minimum atomic E-state index is -0.355. The van der Waals surface area contributed by atoms with E-state index in [2.05, 4.69) is 31.7 Å². The van der Waals surface area contributed by atoms with Crippen molar-refractivity contribution in [1.82, 2.24) is 15.0 Å². The van der Waals surface area contributed by atoms with Gasteiger partial charge in [-0.3, -0.25) is 0 Å². The maximum absolute atomic E-state index is 9.92. The number of benzene rings is 1. The number of nitrogens with one attached hydrogen (secondary N) is 2. The van der Waals surface area contributed by atoms with E-state index in [9.17, 15) is 10.4 Å². The molecule has 28 heavy (non-hydrogen) atoms. The van der Waals surface area contributed by atoms with Crippen molar-refractivity contribution in [3.63, 3.8) is 0 Å². The van der Waals surface area contributed by atoms with Crippen molar-refractivity contribution in [3.05, 3.63) is 41.9 Å². The number of para-hydroxylation sites is 2. The number of nitriles is 1. The smallest absolute Gasteiger partial charge is 0.224 e. The van der Waals surface area contributed by atoms with Crippen LogP contribution in [0.4, 0.5) is 11.8 Å². The highest BCUT2D eigenvalue weighted by atomic mass is 16.3. The molecule has 0 aliphatic heterocycles. The zero-order valence-electron chi connectivity index (χ0n) is 15.8. The van der Waals surface area contributed by atoms with Gasteiger partial charge >= 0.3 is 0 Å². The summed E-state index contributed by atoms with van der Waals surface area (Å²) in [5.41, 5.74) is 1.72. The van der Waals surface area contributed by atoms with E-state index in [1.807, 2.05) is 38.1 Å². The Labute approximate surface area is 162 Å². The molecule has 8 heteroatoms. The Morgan fingerprint density at radius 1 is 1.32 bits per heavy atom. The lowest BCUT2D eigenvalue weighted by Gasteiger charge is -2.49. The fourth-order valence-electron chi connectivity index (χ4n) is 3.28. The van der Waals surface area contributed by atoms with Crippen LogP contribution in [-0.4, -0.2) is 38.7 Å². The third-order valence-electron chi connectivity index (χ3n) is 5.40. The van der Waals surface area contributed by atoms with Crippen molar-refractivity contribution in [3.8, 4) is 6.07 Å². The molecular weight excluding hydrogens is 356 g/mol. The molecule has 1 aliphatic rings. The minimum absolute atomic E-state index is 0.0529. The van der Waals surface area contributed by atoms with Gasteiger partial charge in [0, 0.05) is 24.4 Å². The van der Waals surface area contributed by atoms with Gasteiger partial charge in [0.2, 0.25) is 5.95 Å². The van der Waals surface area contributed by atoms with Crippen molar-refractivity contribution >= 4 is 22.9 Å². The molecule has 3 N–H and O–H groups in total. The van der Waals surface area contributed by atoms with Crippen LogP contribution in [0.15, 0.2) is 34.9 Å². The van der Waals surface area contributed by atoms with Gasteiger partial charge < -0.3 is 20.2 Å². The molecule has 8 nitrogen and oxygen atoms in total. The number of aromatic nitrogens is 3. The zero-order valence-corrected chi connectivity index (χ0v) is 15.8. The number of nitrogens with zero attached hydrogens (tertiary/aromatic N) is 4. The predicted octanol–water partition coefficient (Wildman–Crippen LogP) is 2.72. The number of oxazole rings is 1. The second-order valence-electron chi connectivity index (χ2n) is 7.59. The molecule has 2 atom stereocenters. The molecule has 0 bridgehead atoms. The molecule has 0 spiro atoms. The number of hydrogen-bond donors (Lipinski definition) is 3. The summed E-state index contributed by atoms with van der Waals surface area (Å²) < 4.78 is 5.70. The van der Waals surface area contributed by atoms with E-state index >= 15 is 0 Å². The lowest BCUT2D eigenvalue weighted by atomic mass is 9.64. The van der Waals surface area contributed by atoms with Gasteiger partial charge in [-0.1, -0.05) is 26.0 Å². The highest BCUT2D eigenvalue weighted by Crippen LogP contribution is 2.42. The maximum Gasteiger partial charge on any atom is 0.224 e.